The number of benzene rings is 1. The Hall–Kier alpha value is -2.11. The third-order valence-corrected chi connectivity index (χ3v) is 3.39. The van der Waals surface area contributed by atoms with Crippen LogP contribution in [0.2, 0.25) is 0 Å². The minimum absolute atomic E-state index is 0.130. The number of aliphatic hydroxyl groups excluding tert-OH is 1. The molecule has 0 spiro atoms. The van der Waals surface area contributed by atoms with E-state index in [0.717, 1.165) is 17.1 Å². The summed E-state index contributed by atoms with van der Waals surface area (Å²) in [5, 5.41) is 13.2. The molecule has 0 aliphatic carbocycles. The lowest BCUT2D eigenvalue weighted by Crippen LogP contribution is -2.30. The minimum Gasteiger partial charge on any atom is -0.491 e. The molecule has 0 amide bonds. The number of aliphatic hydroxyl groups is 1. The molecule has 1 aromatic heterocycles. The van der Waals surface area contributed by atoms with Crippen molar-refractivity contribution in [3.8, 4) is 5.75 Å². The summed E-state index contributed by atoms with van der Waals surface area (Å²) in [6.45, 7) is 2.95. The zero-order valence-corrected chi connectivity index (χ0v) is 13.9. The lowest BCUT2D eigenvalue weighted by Gasteiger charge is -2.17. The Labute approximate surface area is 137 Å². The lowest BCUT2D eigenvalue weighted by molar-refractivity contribution is 0.0831. The lowest BCUT2D eigenvalue weighted by atomic mass is 10.2. The third kappa shape index (κ3) is 5.88. The van der Waals surface area contributed by atoms with E-state index in [1.54, 1.807) is 6.20 Å². The monoisotopic (exact) mass is 315 g/mol. The van der Waals surface area contributed by atoms with Crippen LogP contribution in [0.3, 0.4) is 0 Å². The van der Waals surface area contributed by atoms with Crippen molar-refractivity contribution in [2.75, 3.05) is 32.6 Å². The Kier molecular flexibility index (Phi) is 6.38. The van der Waals surface area contributed by atoms with Crippen LogP contribution in [0, 0.1) is 0 Å². The maximum atomic E-state index is 9.79. The number of ether oxygens (including phenoxy) is 1. The molecule has 2 atom stereocenters. The highest BCUT2D eigenvalue weighted by molar-refractivity contribution is 5.47. The average Bonchev–Trinajstić information content (AvgIpc) is 2.54. The van der Waals surface area contributed by atoms with Crippen LogP contribution in [-0.2, 0) is 0 Å². The van der Waals surface area contributed by atoms with E-state index in [9.17, 15) is 5.11 Å². The molecule has 0 aliphatic heterocycles. The van der Waals surface area contributed by atoms with Gasteiger partial charge in [-0.3, -0.25) is 4.98 Å². The summed E-state index contributed by atoms with van der Waals surface area (Å²) in [5.74, 6) is 0.749. The van der Waals surface area contributed by atoms with E-state index < -0.39 is 6.10 Å². The van der Waals surface area contributed by atoms with Crippen molar-refractivity contribution in [2.24, 2.45) is 0 Å². The van der Waals surface area contributed by atoms with Crippen LogP contribution >= 0.6 is 0 Å². The van der Waals surface area contributed by atoms with E-state index in [1.807, 2.05) is 61.5 Å². The van der Waals surface area contributed by atoms with E-state index in [2.05, 4.69) is 17.2 Å². The fourth-order valence-electron chi connectivity index (χ4n) is 2.27. The van der Waals surface area contributed by atoms with Gasteiger partial charge in [0.05, 0.1) is 11.7 Å². The van der Waals surface area contributed by atoms with E-state index >= 15 is 0 Å². The predicted octanol–water partition coefficient (Wildman–Crippen LogP) is 2.56. The number of nitrogens with zero attached hydrogens (tertiary/aromatic N) is 2. The Balaban J connectivity index is 1.85. The molecular formula is C18H25N3O2. The van der Waals surface area contributed by atoms with E-state index in [4.69, 9.17) is 4.74 Å². The molecule has 2 N–H and O–H groups in total. The van der Waals surface area contributed by atoms with Gasteiger partial charge >= 0.3 is 0 Å². The summed E-state index contributed by atoms with van der Waals surface area (Å²) >= 11 is 0. The summed E-state index contributed by atoms with van der Waals surface area (Å²) in [7, 11) is 3.85. The van der Waals surface area contributed by atoms with Gasteiger partial charge in [-0.15, -0.1) is 0 Å². The van der Waals surface area contributed by atoms with Gasteiger partial charge in [-0.05, 0) is 57.4 Å². The number of pyridine rings is 1. The summed E-state index contributed by atoms with van der Waals surface area (Å²) in [6.07, 6.45) is 1.30. The highest BCUT2D eigenvalue weighted by Gasteiger charge is 2.08. The van der Waals surface area contributed by atoms with Crippen LogP contribution in [0.15, 0.2) is 48.7 Å². The second-order valence-corrected chi connectivity index (χ2v) is 5.87. The topological polar surface area (TPSA) is 57.6 Å². The van der Waals surface area contributed by atoms with Gasteiger partial charge in [-0.1, -0.05) is 6.07 Å². The third-order valence-electron chi connectivity index (χ3n) is 3.39. The molecule has 2 rings (SSSR count). The summed E-state index contributed by atoms with van der Waals surface area (Å²) in [4.78, 5) is 6.28. The molecule has 5 nitrogen and oxygen atoms in total. The van der Waals surface area contributed by atoms with Crippen LogP contribution < -0.4 is 10.1 Å². The highest BCUT2D eigenvalue weighted by Crippen LogP contribution is 2.20. The summed E-state index contributed by atoms with van der Waals surface area (Å²) in [6, 6.07) is 13.8. The molecule has 5 heteroatoms. The van der Waals surface area contributed by atoms with E-state index in [-0.39, 0.29) is 12.6 Å². The van der Waals surface area contributed by atoms with Crippen molar-refractivity contribution in [1.29, 1.82) is 0 Å². The fraction of sp³-hybridized carbons (Fsp3) is 0.389. The van der Waals surface area contributed by atoms with Crippen LogP contribution in [0.1, 0.15) is 18.7 Å². The Morgan fingerprint density at radius 2 is 1.91 bits per heavy atom. The second kappa shape index (κ2) is 8.50. The molecule has 2 unspecified atom stereocenters. The Morgan fingerprint density at radius 3 is 2.52 bits per heavy atom. The molecule has 2 aromatic rings. The molecular weight excluding hydrogens is 290 g/mol. The molecule has 1 aromatic carbocycles. The maximum Gasteiger partial charge on any atom is 0.119 e. The fourth-order valence-corrected chi connectivity index (χ4v) is 2.27. The average molecular weight is 315 g/mol. The molecule has 0 saturated carbocycles. The summed E-state index contributed by atoms with van der Waals surface area (Å²) < 4.78 is 5.60. The molecule has 124 valence electrons. The van der Waals surface area contributed by atoms with Gasteiger partial charge in [0, 0.05) is 18.4 Å². The summed E-state index contributed by atoms with van der Waals surface area (Å²) in [5.41, 5.74) is 2.00. The molecule has 0 fully saturated rings. The van der Waals surface area contributed by atoms with Gasteiger partial charge in [0.15, 0.2) is 0 Å². The first-order valence-electron chi connectivity index (χ1n) is 7.77. The SMILES string of the molecule is CC(Nc1ccc(OCC(O)CN(C)C)cc1)c1ccccn1. The molecule has 1 heterocycles. The van der Waals surface area contributed by atoms with Crippen molar-refractivity contribution in [1.82, 2.24) is 9.88 Å². The number of anilines is 1. The number of likely N-dealkylation sites (N-methyl/N-ethyl adjacent to an activating group) is 1. The van der Waals surface area contributed by atoms with Crippen LogP contribution in [-0.4, -0.2) is 48.3 Å². The van der Waals surface area contributed by atoms with Crippen molar-refractivity contribution in [3.63, 3.8) is 0 Å². The Bertz CT molecular complexity index is 573. The van der Waals surface area contributed by atoms with Gasteiger partial charge < -0.3 is 20.1 Å². The predicted molar refractivity (Wildman–Crippen MR) is 92.8 cm³/mol. The normalized spacial score (nSPS) is 13.6. The number of nitrogens with one attached hydrogen (secondary N) is 1. The van der Waals surface area contributed by atoms with E-state index in [0.29, 0.717) is 6.54 Å². The van der Waals surface area contributed by atoms with Gasteiger partial charge in [-0.25, -0.2) is 0 Å². The highest BCUT2D eigenvalue weighted by atomic mass is 16.5. The molecule has 0 radical (unpaired) electrons. The second-order valence-electron chi connectivity index (χ2n) is 5.87. The number of hydrogen-bond acceptors (Lipinski definition) is 5. The zero-order chi connectivity index (χ0) is 16.7. The number of rotatable bonds is 8. The van der Waals surface area contributed by atoms with Gasteiger partial charge in [0.1, 0.15) is 18.5 Å². The maximum absolute atomic E-state index is 9.79. The standard InChI is InChI=1S/C18H25N3O2/c1-14(18-6-4-5-11-19-18)20-15-7-9-17(10-8-15)23-13-16(22)12-21(2)3/h4-11,14,16,20,22H,12-13H2,1-3H3. The number of aromatic nitrogens is 1. The Morgan fingerprint density at radius 1 is 1.17 bits per heavy atom. The zero-order valence-electron chi connectivity index (χ0n) is 13.9. The quantitative estimate of drug-likeness (QED) is 0.784. The first-order chi connectivity index (χ1) is 11.0. The molecule has 0 bridgehead atoms. The van der Waals surface area contributed by atoms with Crippen molar-refractivity contribution >= 4 is 5.69 Å². The van der Waals surface area contributed by atoms with Gasteiger partial charge in [-0.2, -0.15) is 0 Å². The first-order valence-corrected chi connectivity index (χ1v) is 7.77. The van der Waals surface area contributed by atoms with Crippen molar-refractivity contribution in [3.05, 3.63) is 54.4 Å². The molecule has 23 heavy (non-hydrogen) atoms. The van der Waals surface area contributed by atoms with Crippen LogP contribution in [0.25, 0.3) is 0 Å². The van der Waals surface area contributed by atoms with E-state index in [1.165, 1.54) is 0 Å². The van der Waals surface area contributed by atoms with Gasteiger partial charge in [0.25, 0.3) is 0 Å². The van der Waals surface area contributed by atoms with Crippen LogP contribution in [0.5, 0.6) is 5.75 Å². The van der Waals surface area contributed by atoms with Crippen molar-refractivity contribution in [2.45, 2.75) is 19.1 Å². The van der Waals surface area contributed by atoms with Crippen molar-refractivity contribution < 1.29 is 9.84 Å². The van der Waals surface area contributed by atoms with Gasteiger partial charge in [0.2, 0.25) is 0 Å². The smallest absolute Gasteiger partial charge is 0.119 e. The largest absolute Gasteiger partial charge is 0.491 e. The minimum atomic E-state index is -0.494. The molecule has 0 aliphatic rings. The molecule has 0 saturated heterocycles. The number of hydrogen-bond donors (Lipinski definition) is 2. The van der Waals surface area contributed by atoms with Crippen LogP contribution in [0.4, 0.5) is 5.69 Å². The first kappa shape index (κ1) is 17.2.